The SMILES string of the molecule is COc1cc(-c2cnc3ccc(N(C)C4CC4)nn23)cc(OC)c1OC. The topological polar surface area (TPSA) is 61.1 Å². The molecule has 0 unspecified atom stereocenters. The fraction of sp³-hybridized carbons (Fsp3) is 0.368. The third-order valence-electron chi connectivity index (χ3n) is 4.76. The number of rotatable bonds is 6. The van der Waals surface area contributed by atoms with Gasteiger partial charge in [-0.25, -0.2) is 9.50 Å². The van der Waals surface area contributed by atoms with Crippen LogP contribution in [0.3, 0.4) is 0 Å². The zero-order valence-corrected chi connectivity index (χ0v) is 15.4. The second-order valence-corrected chi connectivity index (χ2v) is 6.36. The summed E-state index contributed by atoms with van der Waals surface area (Å²) in [5.74, 6) is 2.70. The summed E-state index contributed by atoms with van der Waals surface area (Å²) in [6.07, 6.45) is 4.25. The third kappa shape index (κ3) is 2.69. The maximum atomic E-state index is 5.47. The molecule has 3 aromatic rings. The number of ether oxygens (including phenoxy) is 3. The van der Waals surface area contributed by atoms with Crippen molar-refractivity contribution in [2.45, 2.75) is 18.9 Å². The molecule has 0 bridgehead atoms. The molecule has 0 spiro atoms. The van der Waals surface area contributed by atoms with Gasteiger partial charge >= 0.3 is 0 Å². The van der Waals surface area contributed by atoms with Gasteiger partial charge in [0.25, 0.3) is 0 Å². The summed E-state index contributed by atoms with van der Waals surface area (Å²) in [7, 11) is 6.89. The summed E-state index contributed by atoms with van der Waals surface area (Å²) in [4.78, 5) is 6.70. The summed E-state index contributed by atoms with van der Waals surface area (Å²) in [5, 5.41) is 4.79. The Morgan fingerprint density at radius 1 is 1.04 bits per heavy atom. The first-order valence-corrected chi connectivity index (χ1v) is 8.54. The summed E-state index contributed by atoms with van der Waals surface area (Å²) >= 11 is 0. The molecule has 1 saturated carbocycles. The van der Waals surface area contributed by atoms with Gasteiger partial charge in [-0.15, -0.1) is 5.10 Å². The Labute approximate surface area is 152 Å². The molecule has 0 N–H and O–H groups in total. The maximum absolute atomic E-state index is 5.47. The Morgan fingerprint density at radius 2 is 1.73 bits per heavy atom. The number of hydrogen-bond donors (Lipinski definition) is 0. The lowest BCUT2D eigenvalue weighted by Gasteiger charge is -2.17. The Hall–Kier alpha value is -2.96. The molecule has 1 aliphatic carbocycles. The standard InChI is InChI=1S/C19H22N4O3/c1-22(13-5-6-13)18-8-7-17-20-11-14(23(17)21-18)12-9-15(24-2)19(26-4)16(10-12)25-3/h7-11,13H,5-6H2,1-4H3. The van der Waals surface area contributed by atoms with Gasteiger partial charge in [0, 0.05) is 18.7 Å². The zero-order valence-electron chi connectivity index (χ0n) is 15.4. The molecule has 1 aromatic carbocycles. The van der Waals surface area contributed by atoms with E-state index in [-0.39, 0.29) is 0 Å². The summed E-state index contributed by atoms with van der Waals surface area (Å²) in [5.41, 5.74) is 2.55. The molecule has 26 heavy (non-hydrogen) atoms. The summed E-state index contributed by atoms with van der Waals surface area (Å²) < 4.78 is 18.2. The van der Waals surface area contributed by atoms with Crippen LogP contribution < -0.4 is 19.1 Å². The number of imidazole rings is 1. The number of nitrogens with zero attached hydrogens (tertiary/aromatic N) is 4. The van der Waals surface area contributed by atoms with E-state index in [1.807, 2.05) is 35.0 Å². The molecule has 7 heteroatoms. The molecule has 7 nitrogen and oxygen atoms in total. The van der Waals surface area contributed by atoms with Gasteiger partial charge in [-0.05, 0) is 37.1 Å². The molecule has 4 rings (SSSR count). The number of methoxy groups -OCH3 is 3. The molecule has 0 amide bonds. The third-order valence-corrected chi connectivity index (χ3v) is 4.76. The van der Waals surface area contributed by atoms with E-state index in [0.717, 1.165) is 22.7 Å². The molecule has 136 valence electrons. The van der Waals surface area contributed by atoms with Crippen molar-refractivity contribution in [2.75, 3.05) is 33.3 Å². The van der Waals surface area contributed by atoms with E-state index in [0.29, 0.717) is 23.3 Å². The van der Waals surface area contributed by atoms with Crippen LogP contribution >= 0.6 is 0 Å². The van der Waals surface area contributed by atoms with Gasteiger partial charge in [0.05, 0.1) is 33.2 Å². The van der Waals surface area contributed by atoms with Crippen LogP contribution in [0.1, 0.15) is 12.8 Å². The second-order valence-electron chi connectivity index (χ2n) is 6.36. The zero-order chi connectivity index (χ0) is 18.3. The summed E-state index contributed by atoms with van der Waals surface area (Å²) in [6, 6.07) is 8.41. The monoisotopic (exact) mass is 354 g/mol. The van der Waals surface area contributed by atoms with Crippen LogP contribution in [0, 0.1) is 0 Å². The van der Waals surface area contributed by atoms with Crippen LogP contribution in [0.5, 0.6) is 17.2 Å². The molecule has 2 aromatic heterocycles. The molecule has 0 saturated heterocycles. The Kier molecular flexibility index (Phi) is 4.06. The Morgan fingerprint density at radius 3 is 2.31 bits per heavy atom. The number of fused-ring (bicyclic) bond motifs is 1. The minimum atomic E-state index is 0.565. The quantitative estimate of drug-likeness (QED) is 0.678. The van der Waals surface area contributed by atoms with Gasteiger partial charge in [0.2, 0.25) is 5.75 Å². The van der Waals surface area contributed by atoms with Crippen LogP contribution in [0.25, 0.3) is 16.9 Å². The first-order valence-electron chi connectivity index (χ1n) is 8.54. The maximum Gasteiger partial charge on any atom is 0.203 e. The van der Waals surface area contributed by atoms with E-state index in [1.54, 1.807) is 21.3 Å². The molecule has 1 aliphatic rings. The fourth-order valence-electron chi connectivity index (χ4n) is 3.13. The van der Waals surface area contributed by atoms with Crippen molar-refractivity contribution in [3.8, 4) is 28.5 Å². The van der Waals surface area contributed by atoms with E-state index in [2.05, 4.69) is 16.9 Å². The van der Waals surface area contributed by atoms with Crippen molar-refractivity contribution in [3.05, 3.63) is 30.5 Å². The van der Waals surface area contributed by atoms with Gasteiger partial charge in [0.15, 0.2) is 17.1 Å². The average molecular weight is 354 g/mol. The highest BCUT2D eigenvalue weighted by Gasteiger charge is 2.27. The lowest BCUT2D eigenvalue weighted by Crippen LogP contribution is -2.21. The highest BCUT2D eigenvalue weighted by Crippen LogP contribution is 2.41. The van der Waals surface area contributed by atoms with Crippen LogP contribution in [-0.4, -0.2) is 49.0 Å². The van der Waals surface area contributed by atoms with E-state index in [9.17, 15) is 0 Å². The van der Waals surface area contributed by atoms with E-state index < -0.39 is 0 Å². The van der Waals surface area contributed by atoms with E-state index in [1.165, 1.54) is 12.8 Å². The molecular formula is C19H22N4O3. The molecule has 1 fully saturated rings. The Balaban J connectivity index is 1.84. The highest BCUT2D eigenvalue weighted by atomic mass is 16.5. The van der Waals surface area contributed by atoms with Gasteiger partial charge in [-0.3, -0.25) is 0 Å². The van der Waals surface area contributed by atoms with Crippen LogP contribution in [0.4, 0.5) is 5.82 Å². The van der Waals surface area contributed by atoms with Gasteiger partial charge < -0.3 is 19.1 Å². The van der Waals surface area contributed by atoms with Crippen molar-refractivity contribution in [2.24, 2.45) is 0 Å². The largest absolute Gasteiger partial charge is 0.493 e. The predicted octanol–water partition coefficient (Wildman–Crippen LogP) is 3.02. The number of aromatic nitrogens is 3. The van der Waals surface area contributed by atoms with Crippen LogP contribution in [0.15, 0.2) is 30.5 Å². The highest BCUT2D eigenvalue weighted by molar-refractivity contribution is 5.70. The van der Waals surface area contributed by atoms with Crippen LogP contribution in [0.2, 0.25) is 0 Å². The number of anilines is 1. The van der Waals surface area contributed by atoms with E-state index in [4.69, 9.17) is 19.3 Å². The number of hydrogen-bond acceptors (Lipinski definition) is 6. The summed E-state index contributed by atoms with van der Waals surface area (Å²) in [6.45, 7) is 0. The van der Waals surface area contributed by atoms with Crippen molar-refractivity contribution in [1.82, 2.24) is 14.6 Å². The predicted molar refractivity (Wildman–Crippen MR) is 99.5 cm³/mol. The molecule has 0 radical (unpaired) electrons. The first-order chi connectivity index (χ1) is 12.7. The van der Waals surface area contributed by atoms with Crippen LogP contribution in [-0.2, 0) is 0 Å². The lowest BCUT2D eigenvalue weighted by atomic mass is 10.1. The fourth-order valence-corrected chi connectivity index (χ4v) is 3.13. The molecule has 2 heterocycles. The first kappa shape index (κ1) is 16.5. The van der Waals surface area contributed by atoms with Crippen molar-refractivity contribution < 1.29 is 14.2 Å². The second kappa shape index (κ2) is 6.40. The molecular weight excluding hydrogens is 332 g/mol. The van der Waals surface area contributed by atoms with E-state index >= 15 is 0 Å². The Bertz CT molecular complexity index is 924. The molecule has 0 atom stereocenters. The smallest absolute Gasteiger partial charge is 0.203 e. The minimum absolute atomic E-state index is 0.565. The van der Waals surface area contributed by atoms with Crippen molar-refractivity contribution in [1.29, 1.82) is 0 Å². The lowest BCUT2D eigenvalue weighted by molar-refractivity contribution is 0.324. The minimum Gasteiger partial charge on any atom is -0.493 e. The molecule has 0 aliphatic heterocycles. The van der Waals surface area contributed by atoms with Gasteiger partial charge in [-0.1, -0.05) is 0 Å². The normalized spacial score (nSPS) is 13.7. The van der Waals surface area contributed by atoms with Gasteiger partial charge in [-0.2, -0.15) is 0 Å². The van der Waals surface area contributed by atoms with Crippen molar-refractivity contribution >= 4 is 11.5 Å². The number of benzene rings is 1. The average Bonchev–Trinajstić information content (AvgIpc) is 3.45. The van der Waals surface area contributed by atoms with Gasteiger partial charge in [0.1, 0.15) is 5.82 Å². The van der Waals surface area contributed by atoms with Crippen molar-refractivity contribution in [3.63, 3.8) is 0 Å².